The molecule has 0 aromatic heterocycles. The summed E-state index contributed by atoms with van der Waals surface area (Å²) >= 11 is 11.9. The number of amides is 1. The van der Waals surface area contributed by atoms with Gasteiger partial charge in [0.2, 0.25) is 5.91 Å². The lowest BCUT2D eigenvalue weighted by Gasteiger charge is -2.12. The van der Waals surface area contributed by atoms with Crippen LogP contribution in [0, 0.1) is 6.92 Å². The number of methoxy groups -OCH3 is 1. The van der Waals surface area contributed by atoms with Crippen molar-refractivity contribution in [1.82, 2.24) is 5.32 Å². The smallest absolute Gasteiger partial charge is 0.238 e. The number of aryl methyl sites for hydroxylation is 1. The first-order chi connectivity index (χ1) is 11.5. The summed E-state index contributed by atoms with van der Waals surface area (Å²) in [7, 11) is 1.54. The average Bonchev–Trinajstić information content (AvgIpc) is 2.56. The van der Waals surface area contributed by atoms with Crippen molar-refractivity contribution in [1.29, 1.82) is 0 Å². The van der Waals surface area contributed by atoms with Gasteiger partial charge in [0.25, 0.3) is 0 Å². The Morgan fingerprint density at radius 2 is 1.88 bits per heavy atom. The number of nitrogens with one attached hydrogen (secondary N) is 2. The number of halogens is 2. The van der Waals surface area contributed by atoms with E-state index in [1.165, 1.54) is 5.56 Å². The largest absolute Gasteiger partial charge is 0.495 e. The Bertz CT molecular complexity index is 703. The number of hydrogen-bond donors (Lipinski definition) is 2. The summed E-state index contributed by atoms with van der Waals surface area (Å²) in [5.41, 5.74) is 2.66. The number of carbonyl (C=O) groups is 1. The molecule has 0 saturated heterocycles. The van der Waals surface area contributed by atoms with Crippen LogP contribution in [-0.2, 0) is 11.2 Å². The Balaban J connectivity index is 1.81. The average molecular weight is 367 g/mol. The summed E-state index contributed by atoms with van der Waals surface area (Å²) in [6, 6.07) is 11.2. The second-order valence-corrected chi connectivity index (χ2v) is 6.25. The van der Waals surface area contributed by atoms with Gasteiger partial charge in [-0.25, -0.2) is 0 Å². The molecule has 4 nitrogen and oxygen atoms in total. The number of benzene rings is 2. The summed E-state index contributed by atoms with van der Waals surface area (Å²) in [5.74, 6) is 0.409. The molecule has 2 aromatic rings. The van der Waals surface area contributed by atoms with E-state index in [2.05, 4.69) is 10.6 Å². The first-order valence-electron chi connectivity index (χ1n) is 7.58. The molecule has 1 amide bonds. The first kappa shape index (κ1) is 18.6. The van der Waals surface area contributed by atoms with Crippen molar-refractivity contribution in [3.63, 3.8) is 0 Å². The van der Waals surface area contributed by atoms with Gasteiger partial charge in [0.1, 0.15) is 5.75 Å². The lowest BCUT2D eigenvalue weighted by molar-refractivity contribution is -0.115. The van der Waals surface area contributed by atoms with Gasteiger partial charge in [0, 0.05) is 16.1 Å². The fraction of sp³-hybridized carbons (Fsp3) is 0.278. The zero-order valence-electron chi connectivity index (χ0n) is 13.7. The minimum absolute atomic E-state index is 0.133. The minimum atomic E-state index is -0.133. The molecule has 2 N–H and O–H groups in total. The zero-order chi connectivity index (χ0) is 17.5. The first-order valence-corrected chi connectivity index (χ1v) is 8.34. The topological polar surface area (TPSA) is 50.4 Å². The molecular formula is C18H20Cl2N2O2. The number of anilines is 1. The Labute approximate surface area is 152 Å². The van der Waals surface area contributed by atoms with Crippen molar-refractivity contribution in [2.45, 2.75) is 13.3 Å². The maximum Gasteiger partial charge on any atom is 0.238 e. The lowest BCUT2D eigenvalue weighted by Crippen LogP contribution is -2.29. The molecular weight excluding hydrogens is 347 g/mol. The third-order valence-electron chi connectivity index (χ3n) is 3.54. The summed E-state index contributed by atoms with van der Waals surface area (Å²) in [4.78, 5) is 12.1. The molecule has 0 aliphatic carbocycles. The van der Waals surface area contributed by atoms with Gasteiger partial charge in [-0.1, -0.05) is 35.3 Å². The molecule has 2 rings (SSSR count). The SMILES string of the molecule is COc1cc(Cl)c(C)cc1NC(=O)CNCCc1ccc(Cl)cc1. The number of carbonyl (C=O) groups excluding carboxylic acids is 1. The molecule has 0 unspecified atom stereocenters. The van der Waals surface area contributed by atoms with E-state index in [9.17, 15) is 4.79 Å². The van der Waals surface area contributed by atoms with E-state index in [1.807, 2.05) is 31.2 Å². The summed E-state index contributed by atoms with van der Waals surface area (Å²) < 4.78 is 5.24. The fourth-order valence-corrected chi connectivity index (χ4v) is 2.49. The maximum absolute atomic E-state index is 12.1. The van der Waals surface area contributed by atoms with Crippen LogP contribution in [-0.4, -0.2) is 26.1 Å². The van der Waals surface area contributed by atoms with Crippen LogP contribution < -0.4 is 15.4 Å². The highest BCUT2D eigenvalue weighted by Gasteiger charge is 2.10. The van der Waals surface area contributed by atoms with E-state index in [1.54, 1.807) is 19.2 Å². The van der Waals surface area contributed by atoms with Crippen LogP contribution in [0.4, 0.5) is 5.69 Å². The van der Waals surface area contributed by atoms with E-state index in [-0.39, 0.29) is 12.5 Å². The highest BCUT2D eigenvalue weighted by molar-refractivity contribution is 6.31. The molecule has 2 aromatic carbocycles. The van der Waals surface area contributed by atoms with Gasteiger partial charge in [-0.15, -0.1) is 0 Å². The van der Waals surface area contributed by atoms with Crippen molar-refractivity contribution in [2.24, 2.45) is 0 Å². The van der Waals surface area contributed by atoms with Crippen molar-refractivity contribution in [3.8, 4) is 5.75 Å². The maximum atomic E-state index is 12.1. The van der Waals surface area contributed by atoms with Crippen molar-refractivity contribution < 1.29 is 9.53 Å². The number of hydrogen-bond acceptors (Lipinski definition) is 3. The zero-order valence-corrected chi connectivity index (χ0v) is 15.2. The van der Waals surface area contributed by atoms with Crippen LogP contribution in [0.15, 0.2) is 36.4 Å². The molecule has 0 fully saturated rings. The van der Waals surface area contributed by atoms with Crippen LogP contribution in [0.25, 0.3) is 0 Å². The van der Waals surface area contributed by atoms with Crippen LogP contribution >= 0.6 is 23.2 Å². The summed E-state index contributed by atoms with van der Waals surface area (Å²) in [6.07, 6.45) is 0.827. The Kier molecular flexibility index (Phi) is 6.91. The standard InChI is InChI=1S/C18H20Cl2N2O2/c1-12-9-16(17(24-2)10-15(12)20)22-18(23)11-21-8-7-13-3-5-14(19)6-4-13/h3-6,9-10,21H,7-8,11H2,1-2H3,(H,22,23). The third-order valence-corrected chi connectivity index (χ3v) is 4.20. The summed E-state index contributed by atoms with van der Waals surface area (Å²) in [6.45, 7) is 2.80. The van der Waals surface area contributed by atoms with E-state index < -0.39 is 0 Å². The minimum Gasteiger partial charge on any atom is -0.495 e. The Hall–Kier alpha value is -1.75. The van der Waals surface area contributed by atoms with Crippen LogP contribution in [0.3, 0.4) is 0 Å². The second-order valence-electron chi connectivity index (χ2n) is 5.40. The highest BCUT2D eigenvalue weighted by Crippen LogP contribution is 2.30. The molecule has 24 heavy (non-hydrogen) atoms. The number of ether oxygens (including phenoxy) is 1. The van der Waals surface area contributed by atoms with E-state index in [0.717, 1.165) is 17.0 Å². The van der Waals surface area contributed by atoms with Gasteiger partial charge < -0.3 is 15.4 Å². The molecule has 0 aliphatic rings. The van der Waals surface area contributed by atoms with Crippen LogP contribution in [0.1, 0.15) is 11.1 Å². The van der Waals surface area contributed by atoms with Gasteiger partial charge in [-0.2, -0.15) is 0 Å². The van der Waals surface area contributed by atoms with Gasteiger partial charge in [-0.3, -0.25) is 4.79 Å². The monoisotopic (exact) mass is 366 g/mol. The van der Waals surface area contributed by atoms with Crippen molar-refractivity contribution in [2.75, 3.05) is 25.5 Å². The third kappa shape index (κ3) is 5.41. The van der Waals surface area contributed by atoms with Gasteiger partial charge >= 0.3 is 0 Å². The van der Waals surface area contributed by atoms with Crippen LogP contribution in [0.2, 0.25) is 10.0 Å². The van der Waals surface area contributed by atoms with E-state index in [4.69, 9.17) is 27.9 Å². The quantitative estimate of drug-likeness (QED) is 0.725. The molecule has 0 heterocycles. The van der Waals surface area contributed by atoms with Gasteiger partial charge in [-0.05, 0) is 49.2 Å². The fourth-order valence-electron chi connectivity index (χ4n) is 2.21. The van der Waals surface area contributed by atoms with Crippen molar-refractivity contribution >= 4 is 34.8 Å². The van der Waals surface area contributed by atoms with E-state index in [0.29, 0.717) is 23.0 Å². The normalized spacial score (nSPS) is 10.5. The lowest BCUT2D eigenvalue weighted by atomic mass is 10.1. The molecule has 0 spiro atoms. The van der Waals surface area contributed by atoms with Gasteiger partial charge in [0.15, 0.2) is 0 Å². The van der Waals surface area contributed by atoms with E-state index >= 15 is 0 Å². The molecule has 0 saturated carbocycles. The molecule has 128 valence electrons. The highest BCUT2D eigenvalue weighted by atomic mass is 35.5. The predicted octanol–water partition coefficient (Wildman–Crippen LogP) is 4.08. The van der Waals surface area contributed by atoms with Crippen LogP contribution in [0.5, 0.6) is 5.75 Å². The molecule has 6 heteroatoms. The number of rotatable bonds is 7. The van der Waals surface area contributed by atoms with Crippen molar-refractivity contribution in [3.05, 3.63) is 57.6 Å². The summed E-state index contributed by atoms with van der Waals surface area (Å²) in [5, 5.41) is 7.28. The molecule has 0 aliphatic heterocycles. The Morgan fingerprint density at radius 1 is 1.17 bits per heavy atom. The Morgan fingerprint density at radius 3 is 2.54 bits per heavy atom. The molecule has 0 radical (unpaired) electrons. The molecule has 0 atom stereocenters. The van der Waals surface area contributed by atoms with Gasteiger partial charge in [0.05, 0.1) is 19.3 Å². The predicted molar refractivity (Wildman–Crippen MR) is 99.4 cm³/mol. The second kappa shape index (κ2) is 8.92. The molecule has 0 bridgehead atoms.